The molecule has 0 saturated heterocycles. The molecule has 13 heavy (non-hydrogen) atoms. The predicted octanol–water partition coefficient (Wildman–Crippen LogP) is 3.55. The Kier molecular flexibility index (Phi) is 2.60. The Labute approximate surface area is 93.6 Å². The van der Waals surface area contributed by atoms with Crippen molar-refractivity contribution < 1.29 is 0 Å². The van der Waals surface area contributed by atoms with Crippen LogP contribution in [0.4, 0.5) is 0 Å². The lowest BCUT2D eigenvalue weighted by atomic mass is 9.96. The fraction of sp³-hybridized carbons (Fsp3) is 0.455. The van der Waals surface area contributed by atoms with Crippen molar-refractivity contribution in [3.63, 3.8) is 0 Å². The zero-order valence-electron chi connectivity index (χ0n) is 8.00. The van der Waals surface area contributed by atoms with E-state index in [1.54, 1.807) is 0 Å². The van der Waals surface area contributed by atoms with Gasteiger partial charge in [-0.25, -0.2) is 3.11 Å². The Bertz CT molecular complexity index is 309. The largest absolute Gasteiger partial charge is 0.235 e. The SMILES string of the molecule is CC(C)[C@@H]1c2ccccc2CN1I. The molecular formula is C11H14IN. The monoisotopic (exact) mass is 287 g/mol. The molecule has 0 bridgehead atoms. The molecule has 2 heteroatoms. The molecule has 70 valence electrons. The lowest BCUT2D eigenvalue weighted by Gasteiger charge is -2.22. The predicted molar refractivity (Wildman–Crippen MR) is 63.6 cm³/mol. The molecule has 0 saturated carbocycles. The summed E-state index contributed by atoms with van der Waals surface area (Å²) in [5, 5.41) is 0. The van der Waals surface area contributed by atoms with E-state index in [0.717, 1.165) is 6.54 Å². The topological polar surface area (TPSA) is 3.24 Å². The second-order valence-corrected chi connectivity index (χ2v) is 5.18. The molecule has 1 nitrogen and oxygen atoms in total. The zero-order chi connectivity index (χ0) is 9.42. The average Bonchev–Trinajstić information content (AvgIpc) is 2.39. The number of halogens is 1. The number of fused-ring (bicyclic) bond motifs is 1. The normalized spacial score (nSPS) is 22.3. The van der Waals surface area contributed by atoms with Gasteiger partial charge in [0, 0.05) is 35.5 Å². The summed E-state index contributed by atoms with van der Waals surface area (Å²) < 4.78 is 2.41. The van der Waals surface area contributed by atoms with E-state index in [2.05, 4.69) is 64.1 Å². The fourth-order valence-corrected chi connectivity index (χ4v) is 3.37. The Morgan fingerprint density at radius 2 is 2.08 bits per heavy atom. The van der Waals surface area contributed by atoms with Gasteiger partial charge in [0.25, 0.3) is 0 Å². The third-order valence-corrected chi connectivity index (χ3v) is 3.57. The van der Waals surface area contributed by atoms with Crippen LogP contribution in [0, 0.1) is 5.92 Å². The molecule has 1 heterocycles. The highest BCUT2D eigenvalue weighted by molar-refractivity contribution is 14.1. The summed E-state index contributed by atoms with van der Waals surface area (Å²) in [5.41, 5.74) is 3.02. The van der Waals surface area contributed by atoms with Gasteiger partial charge >= 0.3 is 0 Å². The summed E-state index contributed by atoms with van der Waals surface area (Å²) in [6.07, 6.45) is 0. The maximum Gasteiger partial charge on any atom is 0.0473 e. The van der Waals surface area contributed by atoms with E-state index in [-0.39, 0.29) is 0 Å². The first-order valence-electron chi connectivity index (χ1n) is 4.70. The Hall–Kier alpha value is -0.0900. The van der Waals surface area contributed by atoms with Crippen molar-refractivity contribution in [2.45, 2.75) is 26.4 Å². The van der Waals surface area contributed by atoms with Gasteiger partial charge in [-0.3, -0.25) is 0 Å². The van der Waals surface area contributed by atoms with Crippen LogP contribution in [0.15, 0.2) is 24.3 Å². The lowest BCUT2D eigenvalue weighted by molar-refractivity contribution is 0.336. The quantitative estimate of drug-likeness (QED) is 0.564. The minimum absolute atomic E-state index is 0.608. The molecule has 0 N–H and O–H groups in total. The van der Waals surface area contributed by atoms with Crippen molar-refractivity contribution in [2.75, 3.05) is 0 Å². The Morgan fingerprint density at radius 1 is 1.38 bits per heavy atom. The maximum absolute atomic E-state index is 2.44. The van der Waals surface area contributed by atoms with Gasteiger partial charge in [0.15, 0.2) is 0 Å². The van der Waals surface area contributed by atoms with Gasteiger partial charge in [0.2, 0.25) is 0 Å². The van der Waals surface area contributed by atoms with Gasteiger partial charge in [0.05, 0.1) is 0 Å². The number of hydrogen-bond acceptors (Lipinski definition) is 1. The Balaban J connectivity index is 2.40. The summed E-state index contributed by atoms with van der Waals surface area (Å²) in [5.74, 6) is 0.695. The standard InChI is InChI=1S/C11H14IN/c1-8(2)11-10-6-4-3-5-9(10)7-13(11)12/h3-6,8,11H,7H2,1-2H3/t11-/m1/s1. The number of rotatable bonds is 1. The van der Waals surface area contributed by atoms with Crippen LogP contribution < -0.4 is 0 Å². The van der Waals surface area contributed by atoms with Crippen LogP contribution in [0.1, 0.15) is 31.0 Å². The first-order valence-corrected chi connectivity index (χ1v) is 5.67. The van der Waals surface area contributed by atoms with Gasteiger partial charge in [-0.05, 0) is 17.0 Å². The van der Waals surface area contributed by atoms with E-state index < -0.39 is 0 Å². The summed E-state index contributed by atoms with van der Waals surface area (Å²) in [4.78, 5) is 0. The van der Waals surface area contributed by atoms with E-state index >= 15 is 0 Å². The molecule has 1 aromatic carbocycles. The highest BCUT2D eigenvalue weighted by Crippen LogP contribution is 2.40. The van der Waals surface area contributed by atoms with Gasteiger partial charge in [-0.1, -0.05) is 38.1 Å². The zero-order valence-corrected chi connectivity index (χ0v) is 10.2. The smallest absolute Gasteiger partial charge is 0.0473 e. The van der Waals surface area contributed by atoms with Gasteiger partial charge in [-0.2, -0.15) is 0 Å². The number of nitrogens with zero attached hydrogens (tertiary/aromatic N) is 1. The fourth-order valence-electron chi connectivity index (χ4n) is 2.06. The van der Waals surface area contributed by atoms with Crippen LogP contribution in [0.2, 0.25) is 0 Å². The molecule has 0 amide bonds. The number of benzene rings is 1. The maximum atomic E-state index is 2.44. The minimum Gasteiger partial charge on any atom is -0.235 e. The van der Waals surface area contributed by atoms with Gasteiger partial charge in [0.1, 0.15) is 0 Å². The van der Waals surface area contributed by atoms with Crippen molar-refractivity contribution in [1.82, 2.24) is 3.11 Å². The molecule has 0 aliphatic carbocycles. The molecule has 0 unspecified atom stereocenters. The highest BCUT2D eigenvalue weighted by Gasteiger charge is 2.30. The summed E-state index contributed by atoms with van der Waals surface area (Å²) >= 11 is 2.44. The third-order valence-electron chi connectivity index (χ3n) is 2.63. The van der Waals surface area contributed by atoms with E-state index in [1.807, 2.05) is 0 Å². The lowest BCUT2D eigenvalue weighted by Crippen LogP contribution is -2.15. The highest BCUT2D eigenvalue weighted by atomic mass is 127. The second kappa shape index (κ2) is 3.58. The molecule has 1 aliphatic heterocycles. The van der Waals surface area contributed by atoms with Crippen molar-refractivity contribution >= 4 is 22.9 Å². The molecule has 0 fully saturated rings. The van der Waals surface area contributed by atoms with Gasteiger partial charge in [-0.15, -0.1) is 0 Å². The van der Waals surface area contributed by atoms with Crippen molar-refractivity contribution in [3.8, 4) is 0 Å². The van der Waals surface area contributed by atoms with E-state index in [0.29, 0.717) is 12.0 Å². The van der Waals surface area contributed by atoms with Crippen molar-refractivity contribution in [3.05, 3.63) is 35.4 Å². The Morgan fingerprint density at radius 3 is 2.77 bits per heavy atom. The van der Waals surface area contributed by atoms with Gasteiger partial charge < -0.3 is 0 Å². The molecule has 0 aromatic heterocycles. The molecule has 1 atom stereocenters. The van der Waals surface area contributed by atoms with E-state index in [9.17, 15) is 0 Å². The molecule has 1 aromatic rings. The van der Waals surface area contributed by atoms with Crippen LogP contribution in [0.5, 0.6) is 0 Å². The molecular weight excluding hydrogens is 273 g/mol. The first-order chi connectivity index (χ1) is 6.20. The molecule has 0 radical (unpaired) electrons. The molecule has 1 aliphatic rings. The van der Waals surface area contributed by atoms with Crippen LogP contribution >= 0.6 is 22.9 Å². The summed E-state index contributed by atoms with van der Waals surface area (Å²) in [6.45, 7) is 5.68. The first kappa shape index (κ1) is 9.46. The summed E-state index contributed by atoms with van der Waals surface area (Å²) in [7, 11) is 0. The van der Waals surface area contributed by atoms with Crippen molar-refractivity contribution in [2.24, 2.45) is 5.92 Å². The molecule has 2 rings (SSSR count). The minimum atomic E-state index is 0.608. The van der Waals surface area contributed by atoms with Crippen LogP contribution in [-0.2, 0) is 6.54 Å². The van der Waals surface area contributed by atoms with E-state index in [1.165, 1.54) is 11.1 Å². The van der Waals surface area contributed by atoms with Crippen molar-refractivity contribution in [1.29, 1.82) is 0 Å². The van der Waals surface area contributed by atoms with Crippen LogP contribution in [0.3, 0.4) is 0 Å². The number of hydrogen-bond donors (Lipinski definition) is 0. The second-order valence-electron chi connectivity index (χ2n) is 3.95. The average molecular weight is 287 g/mol. The van der Waals surface area contributed by atoms with Crippen LogP contribution in [-0.4, -0.2) is 3.11 Å². The summed E-state index contributed by atoms with van der Waals surface area (Å²) in [6, 6.07) is 9.38. The van der Waals surface area contributed by atoms with E-state index in [4.69, 9.17) is 0 Å². The third kappa shape index (κ3) is 1.62. The molecule has 0 spiro atoms. The van der Waals surface area contributed by atoms with Crippen LogP contribution in [0.25, 0.3) is 0 Å².